The van der Waals surface area contributed by atoms with Crippen molar-refractivity contribution in [1.29, 1.82) is 0 Å². The van der Waals surface area contributed by atoms with Crippen molar-refractivity contribution >= 4 is 0 Å². The first kappa shape index (κ1) is 79.7. The first-order valence-electron chi connectivity index (χ1n) is 38.2. The molecule has 0 unspecified atom stereocenters. The van der Waals surface area contributed by atoms with Crippen LogP contribution in [0.15, 0.2) is 291 Å². The fraction of sp³-hybridized carbons (Fsp3) is 0.160. The van der Waals surface area contributed by atoms with Gasteiger partial charge < -0.3 is 0 Å². The summed E-state index contributed by atoms with van der Waals surface area (Å²) in [7, 11) is 0. The summed E-state index contributed by atoms with van der Waals surface area (Å²) < 4.78 is 0. The molecule has 0 aliphatic heterocycles. The molecule has 0 atom stereocenters. The SMILES string of the molecule is CC.CC.Cc1cc(C)cc(-c2nc(C)nc(-c3ccc(-c4ccccc4)cc3)n2)c1.Cc1cc(C)cc(-c2nc(C)nc(-c3ccc(-c4ccccc4)cc3)n2)c1.Cc1cc(C)cc(-c2nc(C)nc(-c3ccc(-c4ccccc4)cc3)n2)c1.Cc1cc(C)cc(-c2nc(C)nc(-c3ccc(-c4ccccc4)cc3)n2)c1. The Balaban J connectivity index is 0.000000145. The smallest absolute Gasteiger partial charge is 0.163 e. The minimum atomic E-state index is 0.705. The fourth-order valence-electron chi connectivity index (χ4n) is 13.1. The Kier molecular flexibility index (Phi) is 27.2. The monoisotopic (exact) mass is 1460 g/mol. The molecule has 0 saturated heterocycles. The Morgan fingerprint density at radius 3 is 0.402 bits per heavy atom. The van der Waals surface area contributed by atoms with Crippen molar-refractivity contribution in [3.8, 4) is 136 Å². The van der Waals surface area contributed by atoms with Crippen LogP contribution in [0, 0.1) is 83.1 Å². The second-order valence-electron chi connectivity index (χ2n) is 27.4. The molecule has 0 bridgehead atoms. The maximum absolute atomic E-state index is 4.74. The molecule has 0 N–H and O–H groups in total. The molecule has 4 heterocycles. The maximum atomic E-state index is 4.74. The number of aromatic nitrogens is 12. The second-order valence-corrected chi connectivity index (χ2v) is 27.4. The number of hydrogen-bond donors (Lipinski definition) is 0. The van der Waals surface area contributed by atoms with Gasteiger partial charge in [0.05, 0.1) is 0 Å². The summed E-state index contributed by atoms with van der Waals surface area (Å²) >= 11 is 0. The molecule has 16 aromatic rings. The highest BCUT2D eigenvalue weighted by molar-refractivity contribution is 5.74. The average Bonchev–Trinajstić information content (AvgIpc) is 0.820. The Hall–Kier alpha value is -13.3. The predicted octanol–water partition coefficient (Wildman–Crippen LogP) is 25.2. The van der Waals surface area contributed by atoms with E-state index in [1.54, 1.807) is 0 Å². The van der Waals surface area contributed by atoms with Gasteiger partial charge >= 0.3 is 0 Å². The van der Waals surface area contributed by atoms with E-state index in [4.69, 9.17) is 19.9 Å². The topological polar surface area (TPSA) is 155 Å². The average molecular weight is 1470 g/mol. The van der Waals surface area contributed by atoms with Gasteiger partial charge in [-0.3, -0.25) is 0 Å². The summed E-state index contributed by atoms with van der Waals surface area (Å²) in [5.41, 5.74) is 27.2. The minimum absolute atomic E-state index is 0.705. The van der Waals surface area contributed by atoms with Crippen LogP contribution in [0.1, 0.15) is 95.5 Å². The maximum Gasteiger partial charge on any atom is 0.163 e. The third-order valence-corrected chi connectivity index (χ3v) is 17.9. The lowest BCUT2D eigenvalue weighted by Crippen LogP contribution is -2.00. The zero-order chi connectivity index (χ0) is 79.2. The number of nitrogens with zero attached hydrogens (tertiary/aromatic N) is 12. The second kappa shape index (κ2) is 38.2. The van der Waals surface area contributed by atoms with E-state index >= 15 is 0 Å². The molecule has 0 spiro atoms. The molecule has 0 amide bonds. The number of benzene rings is 12. The number of aryl methyl sites for hydroxylation is 12. The lowest BCUT2D eigenvalue weighted by atomic mass is 10.0. The molecule has 0 aliphatic rings. The van der Waals surface area contributed by atoms with E-state index in [0.29, 0.717) is 23.3 Å². The van der Waals surface area contributed by atoms with Gasteiger partial charge in [0.2, 0.25) is 0 Å². The largest absolute Gasteiger partial charge is 0.213 e. The summed E-state index contributed by atoms with van der Waals surface area (Å²) in [5, 5.41) is 0. The summed E-state index contributed by atoms with van der Waals surface area (Å²) in [6.45, 7) is 32.4. The summed E-state index contributed by atoms with van der Waals surface area (Å²) in [6.07, 6.45) is 0. The number of rotatable bonds is 12. The van der Waals surface area contributed by atoms with Gasteiger partial charge in [-0.05, 0) is 176 Å². The highest BCUT2D eigenvalue weighted by Crippen LogP contribution is 2.32. The zero-order valence-corrected chi connectivity index (χ0v) is 67.1. The minimum Gasteiger partial charge on any atom is -0.213 e. The van der Waals surface area contributed by atoms with Gasteiger partial charge in [0.1, 0.15) is 23.3 Å². The van der Waals surface area contributed by atoms with E-state index < -0.39 is 0 Å². The molecule has 16 rings (SSSR count). The van der Waals surface area contributed by atoms with Gasteiger partial charge in [-0.2, -0.15) is 0 Å². The van der Waals surface area contributed by atoms with Crippen LogP contribution in [-0.4, -0.2) is 59.8 Å². The molecule has 0 saturated carbocycles. The van der Waals surface area contributed by atoms with Crippen LogP contribution in [0.25, 0.3) is 136 Å². The molecule has 12 nitrogen and oxygen atoms in total. The van der Waals surface area contributed by atoms with Gasteiger partial charge in [-0.1, -0.05) is 315 Å². The van der Waals surface area contributed by atoms with Crippen molar-refractivity contribution in [2.75, 3.05) is 0 Å². The molecule has 0 aliphatic carbocycles. The van der Waals surface area contributed by atoms with Gasteiger partial charge in [-0.25, -0.2) is 59.8 Å². The van der Waals surface area contributed by atoms with Crippen molar-refractivity contribution in [1.82, 2.24) is 59.8 Å². The molecule has 12 aromatic carbocycles. The lowest BCUT2D eigenvalue weighted by molar-refractivity contribution is 0.990. The molecule has 0 fully saturated rings. The lowest BCUT2D eigenvalue weighted by Gasteiger charge is -2.08. The molecule has 4 aromatic heterocycles. The van der Waals surface area contributed by atoms with Crippen LogP contribution in [0.3, 0.4) is 0 Å². The predicted molar refractivity (Wildman–Crippen MR) is 464 cm³/mol. The van der Waals surface area contributed by atoms with Crippen LogP contribution >= 0.6 is 0 Å². The third-order valence-electron chi connectivity index (χ3n) is 17.9. The van der Waals surface area contributed by atoms with E-state index in [1.807, 2.05) is 79.7 Å². The molecular formula is C100H96N12. The molecule has 12 heteroatoms. The Labute approximate surface area is 661 Å². The Morgan fingerprint density at radius 2 is 0.250 bits per heavy atom. The quantitative estimate of drug-likeness (QED) is 0.114. The summed E-state index contributed by atoms with van der Waals surface area (Å²) in [6, 6.07) is 100. The molecule has 112 heavy (non-hydrogen) atoms. The highest BCUT2D eigenvalue weighted by atomic mass is 15.1. The van der Waals surface area contributed by atoms with Crippen molar-refractivity contribution in [2.24, 2.45) is 0 Å². The van der Waals surface area contributed by atoms with E-state index in [0.717, 1.165) is 91.1 Å². The van der Waals surface area contributed by atoms with Crippen molar-refractivity contribution < 1.29 is 0 Å². The highest BCUT2D eigenvalue weighted by Gasteiger charge is 2.16. The third kappa shape index (κ3) is 21.5. The van der Waals surface area contributed by atoms with Gasteiger partial charge in [0.25, 0.3) is 0 Å². The van der Waals surface area contributed by atoms with Gasteiger partial charge in [-0.15, -0.1) is 0 Å². The van der Waals surface area contributed by atoms with Gasteiger partial charge in [0.15, 0.2) is 46.6 Å². The van der Waals surface area contributed by atoms with Crippen LogP contribution < -0.4 is 0 Å². The standard InChI is InChI=1S/4C24H21N3.2C2H6/c4*1-16-13-17(2)15-22(14-16)24-26-18(3)25-23(27-24)21-11-9-20(10-12-21)19-7-5-4-6-8-19;2*1-2/h4*4-15H,1-3H3;2*1-2H3. The molecular weight excluding hydrogens is 1370 g/mol. The Bertz CT molecular complexity index is 4980. The summed E-state index contributed by atoms with van der Waals surface area (Å²) in [5.74, 6) is 8.59. The fourth-order valence-corrected chi connectivity index (χ4v) is 13.1. The first-order chi connectivity index (χ1) is 54.3. The molecule has 556 valence electrons. The van der Waals surface area contributed by atoms with Crippen molar-refractivity contribution in [3.63, 3.8) is 0 Å². The van der Waals surface area contributed by atoms with Crippen molar-refractivity contribution in [3.05, 3.63) is 359 Å². The summed E-state index contributed by atoms with van der Waals surface area (Å²) in [4.78, 5) is 55.4. The van der Waals surface area contributed by atoms with E-state index in [2.05, 4.69) is 362 Å². The van der Waals surface area contributed by atoms with Crippen LogP contribution in [0.2, 0.25) is 0 Å². The van der Waals surface area contributed by atoms with Crippen LogP contribution in [-0.2, 0) is 0 Å². The van der Waals surface area contributed by atoms with E-state index in [-0.39, 0.29) is 0 Å². The first-order valence-corrected chi connectivity index (χ1v) is 38.2. The normalized spacial score (nSPS) is 10.5. The number of hydrogen-bond acceptors (Lipinski definition) is 12. The van der Waals surface area contributed by atoms with Gasteiger partial charge in [0, 0.05) is 44.5 Å². The van der Waals surface area contributed by atoms with E-state index in [9.17, 15) is 0 Å². The zero-order valence-electron chi connectivity index (χ0n) is 67.1. The Morgan fingerprint density at radius 1 is 0.125 bits per heavy atom. The molecule has 0 radical (unpaired) electrons. The van der Waals surface area contributed by atoms with Crippen LogP contribution in [0.5, 0.6) is 0 Å². The van der Waals surface area contributed by atoms with Crippen molar-refractivity contribution in [2.45, 2.75) is 111 Å². The van der Waals surface area contributed by atoms with E-state index in [1.165, 1.54) is 89.0 Å². The van der Waals surface area contributed by atoms with Crippen LogP contribution in [0.4, 0.5) is 0 Å².